The Morgan fingerprint density at radius 2 is 2.14 bits per heavy atom. The summed E-state index contributed by atoms with van der Waals surface area (Å²) in [6.07, 6.45) is 0. The number of rotatable bonds is 1. The average Bonchev–Trinajstić information content (AvgIpc) is 2.01. The van der Waals surface area contributed by atoms with Gasteiger partial charge in [-0.3, -0.25) is 4.90 Å². The molecule has 0 bridgehead atoms. The maximum Gasteiger partial charge on any atom is 0.0602 e. The lowest BCUT2D eigenvalue weighted by molar-refractivity contribution is 0.229. The molecule has 0 aliphatic carbocycles. The van der Waals surface area contributed by atoms with Gasteiger partial charge in [0.05, 0.1) is 6.54 Å². The predicted octanol–water partition coefficient (Wildman–Crippen LogP) is 1.33. The minimum Gasteiger partial charge on any atom is -0.312 e. The highest BCUT2D eigenvalue weighted by atomic mass is 15.2. The fraction of sp³-hybridized carbons (Fsp3) is 0.833. The molecule has 0 spiro atoms. The van der Waals surface area contributed by atoms with Crippen molar-refractivity contribution < 1.29 is 0 Å². The van der Waals surface area contributed by atoms with Crippen molar-refractivity contribution in [1.82, 2.24) is 10.2 Å². The molecule has 1 rings (SSSR count). The topological polar surface area (TPSA) is 15.3 Å². The van der Waals surface area contributed by atoms with Crippen LogP contribution in [0.1, 0.15) is 27.7 Å². The highest BCUT2D eigenvalue weighted by molar-refractivity contribution is 5.08. The summed E-state index contributed by atoms with van der Waals surface area (Å²) in [5.74, 6) is 6.54. The Hall–Kier alpha value is -0.520. The molecule has 1 saturated heterocycles. The summed E-state index contributed by atoms with van der Waals surface area (Å²) in [6.45, 7) is 13.0. The average molecular weight is 194 g/mol. The Bertz CT molecular complexity index is 229. The summed E-state index contributed by atoms with van der Waals surface area (Å²) in [4.78, 5) is 2.42. The van der Waals surface area contributed by atoms with E-state index >= 15 is 0 Å². The fourth-order valence-electron chi connectivity index (χ4n) is 1.57. The van der Waals surface area contributed by atoms with Gasteiger partial charge >= 0.3 is 0 Å². The van der Waals surface area contributed by atoms with Gasteiger partial charge in [-0.2, -0.15) is 0 Å². The van der Waals surface area contributed by atoms with Crippen LogP contribution in [0.4, 0.5) is 0 Å². The second-order valence-electron chi connectivity index (χ2n) is 5.14. The molecule has 0 unspecified atom stereocenters. The van der Waals surface area contributed by atoms with E-state index in [4.69, 9.17) is 0 Å². The molecule has 2 nitrogen and oxygen atoms in total. The molecule has 0 amide bonds. The third-order valence-corrected chi connectivity index (χ3v) is 2.22. The fourth-order valence-corrected chi connectivity index (χ4v) is 1.57. The number of nitrogens with zero attached hydrogens (tertiary/aromatic N) is 1. The molecule has 0 radical (unpaired) electrons. The van der Waals surface area contributed by atoms with Crippen molar-refractivity contribution in [2.75, 3.05) is 26.2 Å². The quantitative estimate of drug-likeness (QED) is 0.634. The van der Waals surface area contributed by atoms with Crippen LogP contribution in [-0.2, 0) is 0 Å². The maximum atomic E-state index is 3.43. The highest BCUT2D eigenvalue weighted by Crippen LogP contribution is 2.09. The van der Waals surface area contributed by atoms with Gasteiger partial charge in [0.1, 0.15) is 0 Å². The molecule has 80 valence electrons. The third-order valence-electron chi connectivity index (χ3n) is 2.22. The Labute approximate surface area is 88.1 Å². The Morgan fingerprint density at radius 1 is 1.43 bits per heavy atom. The van der Waals surface area contributed by atoms with Crippen LogP contribution in [0.15, 0.2) is 0 Å². The van der Waals surface area contributed by atoms with Crippen molar-refractivity contribution in [2.45, 2.75) is 33.7 Å². The van der Waals surface area contributed by atoms with Gasteiger partial charge < -0.3 is 5.32 Å². The lowest BCUT2D eigenvalue weighted by atomic mass is 9.98. The zero-order chi connectivity index (χ0) is 10.6. The molecule has 0 saturated carbocycles. The molecular weight excluding hydrogens is 172 g/mol. The van der Waals surface area contributed by atoms with E-state index in [1.54, 1.807) is 0 Å². The van der Waals surface area contributed by atoms with Crippen LogP contribution < -0.4 is 5.32 Å². The van der Waals surface area contributed by atoms with Crippen molar-refractivity contribution in [3.8, 4) is 11.8 Å². The standard InChI is InChI=1S/C12H22N2/c1-11-10-14(9-7-13-11)8-5-6-12(2,3)4/h11,13H,7-10H2,1-4H3/t11-/m0/s1. The maximum absolute atomic E-state index is 3.43. The molecule has 0 aromatic rings. The van der Waals surface area contributed by atoms with Gasteiger partial charge in [-0.25, -0.2) is 0 Å². The molecular formula is C12H22N2. The van der Waals surface area contributed by atoms with Crippen molar-refractivity contribution in [2.24, 2.45) is 5.41 Å². The molecule has 1 aliphatic rings. The van der Waals surface area contributed by atoms with Crippen molar-refractivity contribution in [3.63, 3.8) is 0 Å². The lowest BCUT2D eigenvalue weighted by Crippen LogP contribution is -2.49. The van der Waals surface area contributed by atoms with E-state index in [2.05, 4.69) is 49.8 Å². The molecule has 2 heteroatoms. The monoisotopic (exact) mass is 194 g/mol. The van der Waals surface area contributed by atoms with E-state index in [0.29, 0.717) is 6.04 Å². The Balaban J connectivity index is 2.33. The van der Waals surface area contributed by atoms with Crippen molar-refractivity contribution in [1.29, 1.82) is 0 Å². The van der Waals surface area contributed by atoms with E-state index in [1.165, 1.54) is 0 Å². The van der Waals surface area contributed by atoms with Gasteiger partial charge in [0.25, 0.3) is 0 Å². The molecule has 1 N–H and O–H groups in total. The predicted molar refractivity (Wildman–Crippen MR) is 61.1 cm³/mol. The minimum absolute atomic E-state index is 0.139. The molecule has 1 heterocycles. The Kier molecular flexibility index (Phi) is 3.97. The minimum atomic E-state index is 0.139. The van der Waals surface area contributed by atoms with E-state index in [-0.39, 0.29) is 5.41 Å². The third kappa shape index (κ3) is 4.64. The van der Waals surface area contributed by atoms with Crippen molar-refractivity contribution >= 4 is 0 Å². The zero-order valence-electron chi connectivity index (χ0n) is 9.85. The van der Waals surface area contributed by atoms with Crippen LogP contribution in [0.5, 0.6) is 0 Å². The summed E-state index contributed by atoms with van der Waals surface area (Å²) in [6, 6.07) is 0.611. The number of nitrogens with one attached hydrogen (secondary N) is 1. The lowest BCUT2D eigenvalue weighted by Gasteiger charge is -2.30. The second kappa shape index (κ2) is 4.82. The number of piperazine rings is 1. The van der Waals surface area contributed by atoms with E-state index in [1.807, 2.05) is 0 Å². The normalized spacial score (nSPS) is 24.1. The van der Waals surface area contributed by atoms with Crippen LogP contribution in [0.3, 0.4) is 0 Å². The number of hydrogen-bond donors (Lipinski definition) is 1. The SMILES string of the molecule is C[C@H]1CN(CC#CC(C)(C)C)CCN1. The van der Waals surface area contributed by atoms with E-state index < -0.39 is 0 Å². The first-order valence-electron chi connectivity index (χ1n) is 5.43. The summed E-state index contributed by atoms with van der Waals surface area (Å²) < 4.78 is 0. The molecule has 0 aromatic heterocycles. The van der Waals surface area contributed by atoms with E-state index in [9.17, 15) is 0 Å². The van der Waals surface area contributed by atoms with Crippen LogP contribution in [0, 0.1) is 17.3 Å². The van der Waals surface area contributed by atoms with Crippen LogP contribution in [-0.4, -0.2) is 37.1 Å². The number of hydrogen-bond acceptors (Lipinski definition) is 2. The molecule has 1 aliphatic heterocycles. The van der Waals surface area contributed by atoms with E-state index in [0.717, 1.165) is 26.2 Å². The van der Waals surface area contributed by atoms with Crippen LogP contribution in [0.25, 0.3) is 0 Å². The van der Waals surface area contributed by atoms with Gasteiger partial charge in [0.2, 0.25) is 0 Å². The van der Waals surface area contributed by atoms with Gasteiger partial charge in [-0.05, 0) is 27.7 Å². The second-order valence-corrected chi connectivity index (χ2v) is 5.14. The molecule has 1 atom stereocenters. The van der Waals surface area contributed by atoms with Gasteiger partial charge in [0, 0.05) is 31.1 Å². The summed E-state index contributed by atoms with van der Waals surface area (Å²) >= 11 is 0. The van der Waals surface area contributed by atoms with Crippen molar-refractivity contribution in [3.05, 3.63) is 0 Å². The smallest absolute Gasteiger partial charge is 0.0602 e. The molecule has 14 heavy (non-hydrogen) atoms. The first-order chi connectivity index (χ1) is 6.47. The highest BCUT2D eigenvalue weighted by Gasteiger charge is 2.13. The Morgan fingerprint density at radius 3 is 2.71 bits per heavy atom. The zero-order valence-corrected chi connectivity index (χ0v) is 9.85. The summed E-state index contributed by atoms with van der Waals surface area (Å²) in [7, 11) is 0. The summed E-state index contributed by atoms with van der Waals surface area (Å²) in [5, 5.41) is 3.43. The molecule has 0 aromatic carbocycles. The van der Waals surface area contributed by atoms with Gasteiger partial charge in [-0.1, -0.05) is 11.8 Å². The first-order valence-corrected chi connectivity index (χ1v) is 5.43. The summed E-state index contributed by atoms with van der Waals surface area (Å²) in [5.41, 5.74) is 0.139. The van der Waals surface area contributed by atoms with Gasteiger partial charge in [-0.15, -0.1) is 0 Å². The van der Waals surface area contributed by atoms with Gasteiger partial charge in [0.15, 0.2) is 0 Å². The largest absolute Gasteiger partial charge is 0.312 e. The van der Waals surface area contributed by atoms with Crippen LogP contribution in [0.2, 0.25) is 0 Å². The molecule has 1 fully saturated rings. The van der Waals surface area contributed by atoms with Crippen LogP contribution >= 0.6 is 0 Å². The first kappa shape index (κ1) is 11.6.